The van der Waals surface area contributed by atoms with Gasteiger partial charge in [0, 0.05) is 30.1 Å². The smallest absolute Gasteiger partial charge is 0.238 e. The summed E-state index contributed by atoms with van der Waals surface area (Å²) in [5.74, 6) is 1.96. The van der Waals surface area contributed by atoms with Gasteiger partial charge in [0.2, 0.25) is 10.0 Å². The Kier molecular flexibility index (Phi) is 4.79. The molecule has 0 saturated heterocycles. The molecule has 32 heavy (non-hydrogen) atoms. The quantitative estimate of drug-likeness (QED) is 0.504. The molecule has 0 aliphatic carbocycles. The zero-order chi connectivity index (χ0) is 22.5. The van der Waals surface area contributed by atoms with Crippen molar-refractivity contribution in [2.45, 2.75) is 31.3 Å². The molecule has 0 spiro atoms. The molecule has 0 amide bonds. The minimum Gasteiger partial charge on any atom is -0.491 e. The van der Waals surface area contributed by atoms with Gasteiger partial charge in [-0.2, -0.15) is 5.10 Å². The van der Waals surface area contributed by atoms with Gasteiger partial charge in [0.1, 0.15) is 30.2 Å². The highest BCUT2D eigenvalue weighted by molar-refractivity contribution is 7.89. The summed E-state index contributed by atoms with van der Waals surface area (Å²) in [6.07, 6.45) is 5.10. The molecule has 164 valence electrons. The minimum atomic E-state index is -3.90. The molecule has 3 aromatic heterocycles. The Labute approximate surface area is 184 Å². The highest BCUT2D eigenvalue weighted by atomic mass is 32.2. The maximum Gasteiger partial charge on any atom is 0.238 e. The first-order valence-corrected chi connectivity index (χ1v) is 11.6. The molecule has 1 aliphatic heterocycles. The number of hydrogen-bond donors (Lipinski definition) is 1. The molecule has 4 aromatic rings. The van der Waals surface area contributed by atoms with Crippen molar-refractivity contribution in [2.75, 3.05) is 6.61 Å². The van der Waals surface area contributed by atoms with E-state index in [1.165, 1.54) is 12.4 Å². The number of pyridine rings is 1. The molecule has 0 saturated carbocycles. The van der Waals surface area contributed by atoms with Crippen LogP contribution in [0.4, 0.5) is 0 Å². The summed E-state index contributed by atoms with van der Waals surface area (Å²) in [6.45, 7) is 5.09. The Morgan fingerprint density at radius 1 is 1.09 bits per heavy atom. The molecule has 0 unspecified atom stereocenters. The molecule has 4 heterocycles. The van der Waals surface area contributed by atoms with E-state index in [1.54, 1.807) is 30.5 Å². The number of ether oxygens (including phenoxy) is 1. The van der Waals surface area contributed by atoms with E-state index in [2.05, 4.69) is 15.1 Å². The molecule has 0 bridgehead atoms. The number of hydrogen-bond acceptors (Lipinski definition) is 7. The molecule has 0 atom stereocenters. The maximum absolute atomic E-state index is 12.0. The van der Waals surface area contributed by atoms with Crippen LogP contribution in [0.15, 0.2) is 53.9 Å². The largest absolute Gasteiger partial charge is 0.491 e. The first-order chi connectivity index (χ1) is 15.3. The number of primary sulfonamides is 1. The van der Waals surface area contributed by atoms with Gasteiger partial charge in [-0.1, -0.05) is 18.2 Å². The zero-order valence-electron chi connectivity index (χ0n) is 17.5. The number of imidazole rings is 1. The summed E-state index contributed by atoms with van der Waals surface area (Å²) < 4.78 is 33.8. The molecular formula is C21H21N7O3S. The summed E-state index contributed by atoms with van der Waals surface area (Å²) in [6, 6.07) is 8.36. The Bertz CT molecular complexity index is 1420. The van der Waals surface area contributed by atoms with Crippen LogP contribution >= 0.6 is 0 Å². The molecule has 0 fully saturated rings. The second kappa shape index (κ2) is 7.53. The van der Waals surface area contributed by atoms with Gasteiger partial charge < -0.3 is 9.30 Å². The predicted octanol–water partition coefficient (Wildman–Crippen LogP) is 2.49. The monoisotopic (exact) mass is 451 g/mol. The van der Waals surface area contributed by atoms with Gasteiger partial charge in [-0.15, -0.1) is 0 Å². The van der Waals surface area contributed by atoms with E-state index in [-0.39, 0.29) is 10.9 Å². The van der Waals surface area contributed by atoms with Crippen LogP contribution in [0.1, 0.15) is 19.9 Å². The van der Waals surface area contributed by atoms with Crippen LogP contribution in [-0.4, -0.2) is 44.3 Å². The average Bonchev–Trinajstić information content (AvgIpc) is 3.37. The third-order valence-corrected chi connectivity index (χ3v) is 6.20. The third-order valence-electron chi connectivity index (χ3n) is 5.23. The van der Waals surface area contributed by atoms with Crippen molar-refractivity contribution in [1.29, 1.82) is 0 Å². The van der Waals surface area contributed by atoms with E-state index < -0.39 is 10.0 Å². The Hall–Kier alpha value is -3.57. The van der Waals surface area contributed by atoms with Gasteiger partial charge in [-0.3, -0.25) is 4.98 Å². The molecule has 10 nitrogen and oxygen atoms in total. The van der Waals surface area contributed by atoms with E-state index >= 15 is 0 Å². The van der Waals surface area contributed by atoms with Crippen molar-refractivity contribution < 1.29 is 13.2 Å². The van der Waals surface area contributed by atoms with E-state index in [0.29, 0.717) is 53.1 Å². The second-order valence-corrected chi connectivity index (χ2v) is 9.25. The minimum absolute atomic E-state index is 0.0119. The number of rotatable bonds is 4. The maximum atomic E-state index is 12.0. The van der Waals surface area contributed by atoms with Gasteiger partial charge in [-0.05, 0) is 19.9 Å². The lowest BCUT2D eigenvalue weighted by Gasteiger charge is -2.11. The number of sulfonamides is 1. The van der Waals surface area contributed by atoms with Crippen molar-refractivity contribution >= 4 is 10.0 Å². The summed E-state index contributed by atoms with van der Waals surface area (Å²) in [4.78, 5) is 13.7. The van der Waals surface area contributed by atoms with Gasteiger partial charge in [0.25, 0.3) is 0 Å². The van der Waals surface area contributed by atoms with E-state index in [9.17, 15) is 8.42 Å². The number of nitrogens with zero attached hydrogens (tertiary/aromatic N) is 6. The third kappa shape index (κ3) is 3.45. The topological polar surface area (TPSA) is 131 Å². The number of aromatic nitrogens is 6. The average molecular weight is 452 g/mol. The fourth-order valence-electron chi connectivity index (χ4n) is 3.77. The van der Waals surface area contributed by atoms with Crippen LogP contribution in [0.2, 0.25) is 0 Å². The lowest BCUT2D eigenvalue weighted by molar-refractivity contribution is 0.306. The second-order valence-electron chi connectivity index (χ2n) is 7.72. The van der Waals surface area contributed by atoms with Gasteiger partial charge >= 0.3 is 0 Å². The highest BCUT2D eigenvalue weighted by Crippen LogP contribution is 2.36. The van der Waals surface area contributed by atoms with Crippen LogP contribution < -0.4 is 9.88 Å². The van der Waals surface area contributed by atoms with Crippen LogP contribution in [0.5, 0.6) is 5.75 Å². The first-order valence-electron chi connectivity index (χ1n) is 10.1. The van der Waals surface area contributed by atoms with Gasteiger partial charge in [0.15, 0.2) is 5.82 Å². The zero-order valence-corrected chi connectivity index (χ0v) is 18.3. The summed E-state index contributed by atoms with van der Waals surface area (Å²) >= 11 is 0. The van der Waals surface area contributed by atoms with Crippen LogP contribution in [0, 0.1) is 0 Å². The number of fused-ring (bicyclic) bond motifs is 3. The Balaban J connectivity index is 1.61. The summed E-state index contributed by atoms with van der Waals surface area (Å²) in [5, 5.41) is 9.68. The van der Waals surface area contributed by atoms with E-state index in [4.69, 9.17) is 14.9 Å². The molecule has 11 heteroatoms. The molecule has 1 aliphatic rings. The summed E-state index contributed by atoms with van der Waals surface area (Å²) in [7, 11) is -3.90. The number of benzene rings is 1. The first kappa shape index (κ1) is 20.3. The highest BCUT2D eigenvalue weighted by Gasteiger charge is 2.23. The van der Waals surface area contributed by atoms with Crippen molar-refractivity contribution in [3.63, 3.8) is 0 Å². The fraction of sp³-hybridized carbons (Fsp3) is 0.238. The van der Waals surface area contributed by atoms with Crippen molar-refractivity contribution in [1.82, 2.24) is 29.3 Å². The van der Waals surface area contributed by atoms with Crippen LogP contribution in [0.25, 0.3) is 34.2 Å². The molecule has 0 radical (unpaired) electrons. The van der Waals surface area contributed by atoms with Crippen molar-refractivity contribution in [3.8, 4) is 39.9 Å². The standard InChI is InChI=1S/C21H21N7O3S/c1-13(2)28-21(24-12-25-28)17-11-27-7-8-31-18-9-16(23-10-15(18)20(27)26-17)14-5-3-4-6-19(14)32(22,29)30/h3-6,9-13H,7-8H2,1-2H3,(H2,22,29,30). The van der Waals surface area contributed by atoms with Crippen LogP contribution in [-0.2, 0) is 16.6 Å². The van der Waals surface area contributed by atoms with Gasteiger partial charge in [0.05, 0.1) is 22.7 Å². The SMILES string of the molecule is CC(C)n1ncnc1-c1cn2c(n1)-c1cnc(-c3ccccc3S(N)(=O)=O)cc1OCC2. The normalized spacial score (nSPS) is 13.4. The van der Waals surface area contributed by atoms with E-state index in [1.807, 2.05) is 29.3 Å². The molecule has 1 aromatic carbocycles. The lowest BCUT2D eigenvalue weighted by atomic mass is 10.1. The van der Waals surface area contributed by atoms with Crippen LogP contribution in [0.3, 0.4) is 0 Å². The van der Waals surface area contributed by atoms with E-state index in [0.717, 1.165) is 0 Å². The lowest BCUT2D eigenvalue weighted by Crippen LogP contribution is -2.13. The Morgan fingerprint density at radius 3 is 2.69 bits per heavy atom. The predicted molar refractivity (Wildman–Crippen MR) is 117 cm³/mol. The molecule has 5 rings (SSSR count). The fourth-order valence-corrected chi connectivity index (χ4v) is 4.52. The number of nitrogens with two attached hydrogens (primary N) is 1. The van der Waals surface area contributed by atoms with Crippen molar-refractivity contribution in [2.24, 2.45) is 5.14 Å². The molecular weight excluding hydrogens is 430 g/mol. The Morgan fingerprint density at radius 2 is 1.91 bits per heavy atom. The molecule has 2 N–H and O–H groups in total. The van der Waals surface area contributed by atoms with Gasteiger partial charge in [-0.25, -0.2) is 28.2 Å². The summed E-state index contributed by atoms with van der Waals surface area (Å²) in [5.41, 5.74) is 2.29. The van der Waals surface area contributed by atoms with Crippen molar-refractivity contribution in [3.05, 3.63) is 49.1 Å².